The van der Waals surface area contributed by atoms with Crippen LogP contribution in [0, 0.1) is 23.6 Å². The molecular formula is C18H25FN2O3S. The molecule has 1 aromatic carbocycles. The molecule has 2 fully saturated rings. The molecule has 1 amide bonds. The van der Waals surface area contributed by atoms with E-state index in [1.54, 1.807) is 6.92 Å². The maximum Gasteiger partial charge on any atom is 0.226 e. The Morgan fingerprint density at radius 3 is 2.32 bits per heavy atom. The molecule has 138 valence electrons. The van der Waals surface area contributed by atoms with Crippen molar-refractivity contribution in [2.45, 2.75) is 24.7 Å². The molecule has 0 saturated carbocycles. The molecule has 3 rings (SSSR count). The lowest BCUT2D eigenvalue weighted by molar-refractivity contribution is -0.134. The monoisotopic (exact) mass is 368 g/mol. The molecule has 2 saturated heterocycles. The van der Waals surface area contributed by atoms with Crippen molar-refractivity contribution in [3.05, 3.63) is 30.1 Å². The van der Waals surface area contributed by atoms with E-state index in [1.807, 2.05) is 4.90 Å². The first-order chi connectivity index (χ1) is 11.9. The van der Waals surface area contributed by atoms with Crippen LogP contribution in [0.2, 0.25) is 0 Å². The van der Waals surface area contributed by atoms with Gasteiger partial charge in [0.15, 0.2) is 9.84 Å². The second kappa shape index (κ2) is 7.41. The highest BCUT2D eigenvalue weighted by atomic mass is 32.2. The van der Waals surface area contributed by atoms with Gasteiger partial charge in [-0.05, 0) is 62.0 Å². The molecule has 0 aromatic heterocycles. The van der Waals surface area contributed by atoms with Gasteiger partial charge in [-0.2, -0.15) is 0 Å². The number of amides is 1. The Labute approximate surface area is 148 Å². The number of fused-ring (bicyclic) bond motifs is 1. The lowest BCUT2D eigenvalue weighted by Crippen LogP contribution is -2.38. The van der Waals surface area contributed by atoms with Crippen molar-refractivity contribution in [2.24, 2.45) is 17.8 Å². The molecule has 0 radical (unpaired) electrons. The number of carbonyl (C=O) groups is 1. The largest absolute Gasteiger partial charge is 0.342 e. The average molecular weight is 368 g/mol. The van der Waals surface area contributed by atoms with Crippen LogP contribution >= 0.6 is 0 Å². The van der Waals surface area contributed by atoms with Gasteiger partial charge in [0.05, 0.1) is 10.6 Å². The SMILES string of the molecule is CC(CS(=O)(=O)c1ccc(F)cc1)C(=O)N1CC[C@@H]2CNC[C@@H]2CC1. The minimum Gasteiger partial charge on any atom is -0.342 e. The van der Waals surface area contributed by atoms with Gasteiger partial charge in [0.2, 0.25) is 5.91 Å². The van der Waals surface area contributed by atoms with Gasteiger partial charge in [0.25, 0.3) is 0 Å². The fourth-order valence-electron chi connectivity index (χ4n) is 3.89. The fraction of sp³-hybridized carbons (Fsp3) is 0.611. The van der Waals surface area contributed by atoms with Crippen LogP contribution in [-0.4, -0.2) is 51.2 Å². The zero-order valence-electron chi connectivity index (χ0n) is 14.4. The first kappa shape index (κ1) is 18.3. The maximum atomic E-state index is 13.0. The Bertz CT molecular complexity index is 706. The number of hydrogen-bond acceptors (Lipinski definition) is 4. The molecule has 2 heterocycles. The van der Waals surface area contributed by atoms with Crippen LogP contribution in [0.25, 0.3) is 0 Å². The Hall–Kier alpha value is -1.47. The number of carbonyl (C=O) groups excluding carboxylic acids is 1. The number of benzene rings is 1. The predicted molar refractivity (Wildman–Crippen MR) is 93.3 cm³/mol. The number of rotatable bonds is 4. The maximum absolute atomic E-state index is 13.0. The first-order valence-electron chi connectivity index (χ1n) is 8.84. The summed E-state index contributed by atoms with van der Waals surface area (Å²) in [5, 5.41) is 3.40. The topological polar surface area (TPSA) is 66.5 Å². The van der Waals surface area contributed by atoms with Gasteiger partial charge in [0.1, 0.15) is 5.82 Å². The van der Waals surface area contributed by atoms with Crippen molar-refractivity contribution in [1.82, 2.24) is 10.2 Å². The minimum absolute atomic E-state index is 0.0602. The van der Waals surface area contributed by atoms with Crippen molar-refractivity contribution >= 4 is 15.7 Å². The fourth-order valence-corrected chi connectivity index (χ4v) is 5.43. The Balaban J connectivity index is 1.63. The van der Waals surface area contributed by atoms with Crippen molar-refractivity contribution in [3.8, 4) is 0 Å². The summed E-state index contributed by atoms with van der Waals surface area (Å²) in [6.07, 6.45) is 1.95. The predicted octanol–water partition coefficient (Wildman–Crippen LogP) is 1.69. The van der Waals surface area contributed by atoms with Gasteiger partial charge in [-0.3, -0.25) is 4.79 Å². The zero-order chi connectivity index (χ0) is 18.0. The van der Waals surface area contributed by atoms with E-state index in [9.17, 15) is 17.6 Å². The molecule has 5 nitrogen and oxygen atoms in total. The zero-order valence-corrected chi connectivity index (χ0v) is 15.3. The lowest BCUT2D eigenvalue weighted by Gasteiger charge is -2.24. The normalized spacial score (nSPS) is 25.3. The smallest absolute Gasteiger partial charge is 0.226 e. The second-order valence-electron chi connectivity index (χ2n) is 7.22. The van der Waals surface area contributed by atoms with E-state index in [1.165, 1.54) is 12.1 Å². The van der Waals surface area contributed by atoms with Gasteiger partial charge in [0, 0.05) is 19.0 Å². The summed E-state index contributed by atoms with van der Waals surface area (Å²) in [7, 11) is -3.61. The number of hydrogen-bond donors (Lipinski definition) is 1. The molecule has 3 atom stereocenters. The molecule has 1 aromatic rings. The Morgan fingerprint density at radius 2 is 1.76 bits per heavy atom. The molecule has 0 aliphatic carbocycles. The summed E-state index contributed by atoms with van der Waals surface area (Å²) in [5.41, 5.74) is 0. The molecule has 1 N–H and O–H groups in total. The Kier molecular flexibility index (Phi) is 5.43. The van der Waals surface area contributed by atoms with E-state index in [4.69, 9.17) is 0 Å². The van der Waals surface area contributed by atoms with E-state index in [2.05, 4.69) is 5.32 Å². The van der Waals surface area contributed by atoms with Gasteiger partial charge in [-0.25, -0.2) is 12.8 Å². The van der Waals surface area contributed by atoms with Crippen LogP contribution < -0.4 is 5.32 Å². The van der Waals surface area contributed by atoms with Gasteiger partial charge >= 0.3 is 0 Å². The number of nitrogens with zero attached hydrogens (tertiary/aromatic N) is 1. The summed E-state index contributed by atoms with van der Waals surface area (Å²) in [5.74, 6) is -0.188. The van der Waals surface area contributed by atoms with E-state index >= 15 is 0 Å². The number of halogens is 1. The van der Waals surface area contributed by atoms with Crippen molar-refractivity contribution < 1.29 is 17.6 Å². The molecule has 0 spiro atoms. The third-order valence-corrected chi connectivity index (χ3v) is 7.32. The lowest BCUT2D eigenvalue weighted by atomic mass is 9.92. The van der Waals surface area contributed by atoms with Crippen LogP contribution in [0.3, 0.4) is 0 Å². The Morgan fingerprint density at radius 1 is 1.20 bits per heavy atom. The molecule has 7 heteroatoms. The van der Waals surface area contributed by atoms with Crippen LogP contribution in [0.1, 0.15) is 19.8 Å². The van der Waals surface area contributed by atoms with Crippen LogP contribution in [-0.2, 0) is 14.6 Å². The highest BCUT2D eigenvalue weighted by Gasteiger charge is 2.33. The van der Waals surface area contributed by atoms with Crippen LogP contribution in [0.4, 0.5) is 4.39 Å². The second-order valence-corrected chi connectivity index (χ2v) is 9.25. The van der Waals surface area contributed by atoms with Crippen LogP contribution in [0.5, 0.6) is 0 Å². The van der Waals surface area contributed by atoms with E-state index in [-0.39, 0.29) is 16.6 Å². The summed E-state index contributed by atoms with van der Waals surface area (Å²) >= 11 is 0. The highest BCUT2D eigenvalue weighted by molar-refractivity contribution is 7.91. The number of nitrogens with one attached hydrogen (secondary N) is 1. The van der Waals surface area contributed by atoms with E-state index < -0.39 is 21.6 Å². The molecule has 2 aliphatic heterocycles. The third kappa shape index (κ3) is 4.20. The highest BCUT2D eigenvalue weighted by Crippen LogP contribution is 2.28. The average Bonchev–Trinajstić information content (AvgIpc) is 2.93. The summed E-state index contributed by atoms with van der Waals surface area (Å²) in [6, 6.07) is 4.76. The standard InChI is InChI=1S/C18H25FN2O3S/c1-13(12-25(23,24)17-4-2-16(19)3-5-17)18(22)21-8-6-14-10-20-11-15(14)7-9-21/h2-5,13-15,20H,6-12H2,1H3/t13?,14-,15+. The number of sulfone groups is 1. The first-order valence-corrected chi connectivity index (χ1v) is 10.5. The summed E-state index contributed by atoms with van der Waals surface area (Å²) in [4.78, 5) is 14.6. The minimum atomic E-state index is -3.61. The van der Waals surface area contributed by atoms with E-state index in [0.717, 1.165) is 38.1 Å². The van der Waals surface area contributed by atoms with Crippen LogP contribution in [0.15, 0.2) is 29.2 Å². The third-order valence-electron chi connectivity index (χ3n) is 5.39. The van der Waals surface area contributed by atoms with Crippen molar-refractivity contribution in [1.29, 1.82) is 0 Å². The molecular weight excluding hydrogens is 343 g/mol. The van der Waals surface area contributed by atoms with E-state index in [0.29, 0.717) is 24.9 Å². The molecule has 1 unspecified atom stereocenters. The molecule has 2 aliphatic rings. The summed E-state index contributed by atoms with van der Waals surface area (Å²) in [6.45, 7) is 5.09. The quantitative estimate of drug-likeness (QED) is 0.822. The van der Waals surface area contributed by atoms with Gasteiger partial charge in [-0.15, -0.1) is 0 Å². The molecule has 0 bridgehead atoms. The van der Waals surface area contributed by atoms with Crippen molar-refractivity contribution in [3.63, 3.8) is 0 Å². The van der Waals surface area contributed by atoms with Crippen molar-refractivity contribution in [2.75, 3.05) is 31.9 Å². The van der Waals surface area contributed by atoms with Gasteiger partial charge < -0.3 is 10.2 Å². The number of likely N-dealkylation sites (tertiary alicyclic amines) is 1. The molecule has 25 heavy (non-hydrogen) atoms. The summed E-state index contributed by atoms with van der Waals surface area (Å²) < 4.78 is 37.9. The van der Waals surface area contributed by atoms with Gasteiger partial charge in [-0.1, -0.05) is 6.92 Å².